The Bertz CT molecular complexity index is 956. The molecule has 0 bridgehead atoms. The highest BCUT2D eigenvalue weighted by Gasteiger charge is 2.32. The molecule has 0 unspecified atom stereocenters. The van der Waals surface area contributed by atoms with E-state index in [1.54, 1.807) is 19.9 Å². The molecular formula is C18H14N2O3. The van der Waals surface area contributed by atoms with Crippen LogP contribution in [0, 0.1) is 31.1 Å². The van der Waals surface area contributed by atoms with Crippen molar-refractivity contribution in [2.24, 2.45) is 5.92 Å². The lowest BCUT2D eigenvalue weighted by atomic mass is 9.90. The lowest BCUT2D eigenvalue weighted by Crippen LogP contribution is -2.23. The first-order valence-electron chi connectivity index (χ1n) is 7.14. The first kappa shape index (κ1) is 14.8. The fraction of sp³-hybridized carbons (Fsp3) is 0.167. The summed E-state index contributed by atoms with van der Waals surface area (Å²) >= 11 is 0. The Kier molecular flexibility index (Phi) is 3.59. The molecule has 0 aliphatic carbocycles. The van der Waals surface area contributed by atoms with E-state index in [1.807, 2.05) is 24.3 Å². The van der Waals surface area contributed by atoms with Crippen molar-refractivity contribution in [1.82, 2.24) is 4.98 Å². The average molecular weight is 306 g/mol. The third kappa shape index (κ3) is 2.34. The second kappa shape index (κ2) is 5.58. The molecule has 0 radical (unpaired) electrons. The predicted octanol–water partition coefficient (Wildman–Crippen LogP) is 3.58. The van der Waals surface area contributed by atoms with E-state index >= 15 is 0 Å². The molecule has 2 aromatic heterocycles. The zero-order valence-electron chi connectivity index (χ0n) is 12.7. The number of para-hydroxylation sites is 1. The van der Waals surface area contributed by atoms with Gasteiger partial charge < -0.3 is 9.40 Å². The topological polar surface area (TPSA) is 86.9 Å². The SMILES string of the molecule is Cc1[nH]c2ccccc2c1C(=O)[C@@H](C#N)C(=O)c1ccoc1C. The number of nitriles is 1. The van der Waals surface area contributed by atoms with Crippen molar-refractivity contribution in [3.63, 3.8) is 0 Å². The number of H-pyrrole nitrogens is 1. The maximum atomic E-state index is 12.8. The molecule has 3 aromatic rings. The third-order valence-corrected chi connectivity index (χ3v) is 3.92. The molecule has 3 rings (SSSR count). The Balaban J connectivity index is 2.07. The second-order valence-corrected chi connectivity index (χ2v) is 5.35. The van der Waals surface area contributed by atoms with Gasteiger partial charge in [-0.15, -0.1) is 0 Å². The fourth-order valence-electron chi connectivity index (χ4n) is 2.77. The molecule has 114 valence electrons. The number of furan rings is 1. The van der Waals surface area contributed by atoms with Crippen molar-refractivity contribution in [3.8, 4) is 6.07 Å². The van der Waals surface area contributed by atoms with Crippen LogP contribution in [0.5, 0.6) is 0 Å². The largest absolute Gasteiger partial charge is 0.469 e. The monoisotopic (exact) mass is 306 g/mol. The summed E-state index contributed by atoms with van der Waals surface area (Å²) in [4.78, 5) is 28.5. The Hall–Kier alpha value is -3.13. The van der Waals surface area contributed by atoms with E-state index in [4.69, 9.17) is 4.42 Å². The van der Waals surface area contributed by atoms with Gasteiger partial charge in [0.25, 0.3) is 0 Å². The molecular weight excluding hydrogens is 292 g/mol. The number of Topliss-reactive ketones (excluding diaryl/α,β-unsaturated/α-hetero) is 2. The lowest BCUT2D eigenvalue weighted by Gasteiger charge is -2.07. The van der Waals surface area contributed by atoms with Gasteiger partial charge in [0.05, 0.1) is 17.9 Å². The number of hydrogen-bond acceptors (Lipinski definition) is 4. The Labute approximate surface area is 132 Å². The van der Waals surface area contributed by atoms with Crippen LogP contribution in [0.1, 0.15) is 32.2 Å². The van der Waals surface area contributed by atoms with Gasteiger partial charge in [-0.2, -0.15) is 5.26 Å². The number of hydrogen-bond donors (Lipinski definition) is 1. The maximum Gasteiger partial charge on any atom is 0.191 e. The van der Waals surface area contributed by atoms with Crippen molar-refractivity contribution in [2.45, 2.75) is 13.8 Å². The van der Waals surface area contributed by atoms with Crippen molar-refractivity contribution in [1.29, 1.82) is 5.26 Å². The molecule has 5 nitrogen and oxygen atoms in total. The normalized spacial score (nSPS) is 12.0. The average Bonchev–Trinajstić information content (AvgIpc) is 3.09. The van der Waals surface area contributed by atoms with Crippen LogP contribution in [0.2, 0.25) is 0 Å². The molecule has 5 heteroatoms. The number of fused-ring (bicyclic) bond motifs is 1. The van der Waals surface area contributed by atoms with E-state index in [0.717, 1.165) is 5.52 Å². The summed E-state index contributed by atoms with van der Waals surface area (Å²) in [5.41, 5.74) is 2.11. The number of nitrogens with zero attached hydrogens (tertiary/aromatic N) is 1. The molecule has 1 aromatic carbocycles. The number of aryl methyl sites for hydroxylation is 2. The first-order valence-corrected chi connectivity index (χ1v) is 7.14. The van der Waals surface area contributed by atoms with Crippen molar-refractivity contribution in [3.05, 3.63) is 59.2 Å². The highest BCUT2D eigenvalue weighted by Crippen LogP contribution is 2.26. The van der Waals surface area contributed by atoms with E-state index in [9.17, 15) is 14.9 Å². The molecule has 0 spiro atoms. The summed E-state index contributed by atoms with van der Waals surface area (Å²) < 4.78 is 5.10. The first-order chi connectivity index (χ1) is 11.0. The van der Waals surface area contributed by atoms with Crippen LogP contribution in [-0.4, -0.2) is 16.6 Å². The third-order valence-electron chi connectivity index (χ3n) is 3.92. The van der Waals surface area contributed by atoms with Gasteiger partial charge in [-0.3, -0.25) is 9.59 Å². The number of nitrogens with one attached hydrogen (secondary N) is 1. The quantitative estimate of drug-likeness (QED) is 0.589. The molecule has 0 aliphatic rings. The predicted molar refractivity (Wildman–Crippen MR) is 84.2 cm³/mol. The number of aromatic nitrogens is 1. The summed E-state index contributed by atoms with van der Waals surface area (Å²) in [6, 6.07) is 10.6. The van der Waals surface area contributed by atoms with Crippen LogP contribution < -0.4 is 0 Å². The number of aromatic amines is 1. The van der Waals surface area contributed by atoms with Gasteiger partial charge in [-0.1, -0.05) is 18.2 Å². The van der Waals surface area contributed by atoms with E-state index in [-0.39, 0.29) is 5.56 Å². The van der Waals surface area contributed by atoms with Crippen LogP contribution in [-0.2, 0) is 0 Å². The van der Waals surface area contributed by atoms with Gasteiger partial charge in [0, 0.05) is 22.2 Å². The van der Waals surface area contributed by atoms with Crippen molar-refractivity contribution < 1.29 is 14.0 Å². The minimum Gasteiger partial charge on any atom is -0.469 e. The standard InChI is InChI=1S/C18H14N2O3/c1-10-16(13-5-3-4-6-15(13)20-10)18(22)14(9-19)17(21)12-7-8-23-11(12)2/h3-8,14,20H,1-2H3/t14-/m0/s1. The Morgan fingerprint density at radius 3 is 2.57 bits per heavy atom. The second-order valence-electron chi connectivity index (χ2n) is 5.35. The zero-order chi connectivity index (χ0) is 16.6. The summed E-state index contributed by atoms with van der Waals surface area (Å²) in [5.74, 6) is -2.01. The Morgan fingerprint density at radius 2 is 1.91 bits per heavy atom. The minimum atomic E-state index is -1.38. The Morgan fingerprint density at radius 1 is 1.17 bits per heavy atom. The number of rotatable bonds is 4. The molecule has 23 heavy (non-hydrogen) atoms. The zero-order valence-corrected chi connectivity index (χ0v) is 12.7. The van der Waals surface area contributed by atoms with E-state index in [0.29, 0.717) is 22.4 Å². The molecule has 2 heterocycles. The van der Waals surface area contributed by atoms with Gasteiger partial charge >= 0.3 is 0 Å². The fourth-order valence-corrected chi connectivity index (χ4v) is 2.77. The molecule has 1 atom stereocenters. The summed E-state index contributed by atoms with van der Waals surface area (Å²) in [5, 5.41) is 10.1. The number of carbonyl (C=O) groups is 2. The molecule has 0 saturated heterocycles. The number of ketones is 2. The smallest absolute Gasteiger partial charge is 0.191 e. The van der Waals surface area contributed by atoms with E-state index < -0.39 is 17.5 Å². The molecule has 1 N–H and O–H groups in total. The van der Waals surface area contributed by atoms with E-state index in [2.05, 4.69) is 4.98 Å². The van der Waals surface area contributed by atoms with Gasteiger partial charge in [-0.25, -0.2) is 0 Å². The van der Waals surface area contributed by atoms with Gasteiger partial charge in [0.1, 0.15) is 5.76 Å². The number of carbonyl (C=O) groups excluding carboxylic acids is 2. The van der Waals surface area contributed by atoms with Gasteiger partial charge in [0.2, 0.25) is 0 Å². The van der Waals surface area contributed by atoms with Crippen molar-refractivity contribution in [2.75, 3.05) is 0 Å². The van der Waals surface area contributed by atoms with Crippen LogP contribution in [0.3, 0.4) is 0 Å². The highest BCUT2D eigenvalue weighted by molar-refractivity contribution is 6.22. The number of benzene rings is 1. The van der Waals surface area contributed by atoms with Gasteiger partial charge in [0.15, 0.2) is 17.5 Å². The summed E-state index contributed by atoms with van der Waals surface area (Å²) in [7, 11) is 0. The summed E-state index contributed by atoms with van der Waals surface area (Å²) in [6.07, 6.45) is 1.37. The minimum absolute atomic E-state index is 0.266. The van der Waals surface area contributed by atoms with Gasteiger partial charge in [-0.05, 0) is 26.0 Å². The van der Waals surface area contributed by atoms with Crippen LogP contribution in [0.15, 0.2) is 41.0 Å². The lowest BCUT2D eigenvalue weighted by molar-refractivity contribution is 0.0846. The maximum absolute atomic E-state index is 12.8. The van der Waals surface area contributed by atoms with Crippen LogP contribution in [0.4, 0.5) is 0 Å². The summed E-state index contributed by atoms with van der Waals surface area (Å²) in [6.45, 7) is 3.39. The van der Waals surface area contributed by atoms with E-state index in [1.165, 1.54) is 12.3 Å². The van der Waals surface area contributed by atoms with Crippen molar-refractivity contribution >= 4 is 22.5 Å². The molecule has 0 amide bonds. The molecule has 0 saturated carbocycles. The van der Waals surface area contributed by atoms with Crippen LogP contribution in [0.25, 0.3) is 10.9 Å². The molecule has 0 aliphatic heterocycles. The van der Waals surface area contributed by atoms with Crippen LogP contribution >= 0.6 is 0 Å². The molecule has 0 fully saturated rings. The highest BCUT2D eigenvalue weighted by atomic mass is 16.3.